The van der Waals surface area contributed by atoms with Gasteiger partial charge < -0.3 is 10.2 Å². The number of nitrogens with zero attached hydrogens (tertiary/aromatic N) is 1. The van der Waals surface area contributed by atoms with Crippen molar-refractivity contribution in [3.8, 4) is 0 Å². The van der Waals surface area contributed by atoms with Crippen molar-refractivity contribution in [2.24, 2.45) is 5.92 Å². The summed E-state index contributed by atoms with van der Waals surface area (Å²) in [6.07, 6.45) is 3.89. The Morgan fingerprint density at radius 2 is 2.18 bits per heavy atom. The Bertz CT molecular complexity index is 388. The molecule has 2 heteroatoms. The first-order chi connectivity index (χ1) is 8.33. The van der Waals surface area contributed by atoms with Crippen molar-refractivity contribution in [1.82, 2.24) is 10.2 Å². The monoisotopic (exact) mass is 230 g/mol. The lowest BCUT2D eigenvalue weighted by molar-refractivity contribution is 0.378. The van der Waals surface area contributed by atoms with Gasteiger partial charge >= 0.3 is 0 Å². The number of hydrogen-bond donors (Lipinski definition) is 1. The Kier molecular flexibility index (Phi) is 3.17. The zero-order valence-electron chi connectivity index (χ0n) is 10.7. The van der Waals surface area contributed by atoms with Crippen LogP contribution in [0.5, 0.6) is 0 Å². The predicted octanol–water partition coefficient (Wildman–Crippen LogP) is 2.22. The van der Waals surface area contributed by atoms with Gasteiger partial charge in [-0.25, -0.2) is 0 Å². The van der Waals surface area contributed by atoms with Gasteiger partial charge in [0, 0.05) is 12.6 Å². The van der Waals surface area contributed by atoms with E-state index in [1.165, 1.54) is 38.9 Å². The van der Waals surface area contributed by atoms with Gasteiger partial charge in [-0.05, 0) is 56.4 Å². The maximum Gasteiger partial charge on any atom is 0.0326 e. The molecule has 2 atom stereocenters. The number of rotatable bonds is 3. The zero-order valence-corrected chi connectivity index (χ0v) is 10.7. The summed E-state index contributed by atoms with van der Waals surface area (Å²) in [5, 5.41) is 3.77. The second-order valence-corrected chi connectivity index (χ2v) is 5.62. The molecule has 0 saturated carbocycles. The number of benzene rings is 1. The molecule has 1 saturated heterocycles. The third kappa shape index (κ3) is 2.38. The van der Waals surface area contributed by atoms with Crippen molar-refractivity contribution in [2.75, 3.05) is 26.7 Å². The first-order valence-corrected chi connectivity index (χ1v) is 6.82. The molecule has 1 aliphatic heterocycles. The Balaban J connectivity index is 1.57. The number of fused-ring (bicyclic) bond motifs is 1. The van der Waals surface area contributed by atoms with Crippen LogP contribution in [-0.2, 0) is 6.42 Å². The number of aryl methyl sites for hydroxylation is 1. The molecule has 0 amide bonds. The fourth-order valence-electron chi connectivity index (χ4n) is 3.27. The molecule has 3 rings (SSSR count). The number of hydrogen-bond acceptors (Lipinski definition) is 2. The molecular weight excluding hydrogens is 208 g/mol. The molecule has 2 nitrogen and oxygen atoms in total. The van der Waals surface area contributed by atoms with E-state index in [1.54, 1.807) is 11.1 Å². The van der Waals surface area contributed by atoms with E-state index in [0.717, 1.165) is 5.92 Å². The van der Waals surface area contributed by atoms with Crippen molar-refractivity contribution in [1.29, 1.82) is 0 Å². The Morgan fingerprint density at radius 3 is 3.00 bits per heavy atom. The van der Waals surface area contributed by atoms with Crippen LogP contribution < -0.4 is 5.32 Å². The average Bonchev–Trinajstić information content (AvgIpc) is 2.93. The fraction of sp³-hybridized carbons (Fsp3) is 0.600. The van der Waals surface area contributed by atoms with Crippen molar-refractivity contribution >= 4 is 0 Å². The molecule has 1 aromatic rings. The van der Waals surface area contributed by atoms with E-state index in [-0.39, 0.29) is 0 Å². The summed E-state index contributed by atoms with van der Waals surface area (Å²) < 4.78 is 0. The SMILES string of the molecule is CN1CCC(CNC2CCc3ccccc32)C1. The van der Waals surface area contributed by atoms with Crippen molar-refractivity contribution in [3.63, 3.8) is 0 Å². The lowest BCUT2D eigenvalue weighted by atomic mass is 10.1. The highest BCUT2D eigenvalue weighted by Gasteiger charge is 2.24. The number of nitrogens with one attached hydrogen (secondary N) is 1. The average molecular weight is 230 g/mol. The zero-order chi connectivity index (χ0) is 11.7. The minimum absolute atomic E-state index is 0.608. The van der Waals surface area contributed by atoms with Gasteiger partial charge in [-0.15, -0.1) is 0 Å². The van der Waals surface area contributed by atoms with Crippen LogP contribution in [0.4, 0.5) is 0 Å². The summed E-state index contributed by atoms with van der Waals surface area (Å²) in [7, 11) is 2.23. The molecule has 0 radical (unpaired) electrons. The summed E-state index contributed by atoms with van der Waals surface area (Å²) >= 11 is 0. The van der Waals surface area contributed by atoms with Crippen molar-refractivity contribution in [3.05, 3.63) is 35.4 Å². The highest BCUT2D eigenvalue weighted by Crippen LogP contribution is 2.31. The molecule has 1 fully saturated rings. The minimum atomic E-state index is 0.608. The third-order valence-electron chi connectivity index (χ3n) is 4.27. The molecule has 0 aromatic heterocycles. The van der Waals surface area contributed by atoms with E-state index >= 15 is 0 Å². The smallest absolute Gasteiger partial charge is 0.0326 e. The summed E-state index contributed by atoms with van der Waals surface area (Å²) in [6, 6.07) is 9.51. The molecule has 1 N–H and O–H groups in total. The molecule has 17 heavy (non-hydrogen) atoms. The van der Waals surface area contributed by atoms with Gasteiger partial charge in [-0.2, -0.15) is 0 Å². The normalized spacial score (nSPS) is 28.5. The standard InChI is InChI=1S/C15H22N2/c1-17-9-8-12(11-17)10-16-15-7-6-13-4-2-3-5-14(13)15/h2-5,12,15-16H,6-11H2,1H3. The van der Waals surface area contributed by atoms with E-state index in [9.17, 15) is 0 Å². The topological polar surface area (TPSA) is 15.3 Å². The van der Waals surface area contributed by atoms with E-state index in [0.29, 0.717) is 6.04 Å². The van der Waals surface area contributed by atoms with Gasteiger partial charge in [0.05, 0.1) is 0 Å². The van der Waals surface area contributed by atoms with Gasteiger partial charge in [0.15, 0.2) is 0 Å². The Morgan fingerprint density at radius 1 is 1.29 bits per heavy atom. The van der Waals surface area contributed by atoms with E-state index in [1.807, 2.05) is 0 Å². The van der Waals surface area contributed by atoms with Gasteiger partial charge in [0.25, 0.3) is 0 Å². The van der Waals surface area contributed by atoms with E-state index < -0.39 is 0 Å². The summed E-state index contributed by atoms with van der Waals surface area (Å²) in [6.45, 7) is 3.72. The van der Waals surface area contributed by atoms with Gasteiger partial charge in [-0.1, -0.05) is 24.3 Å². The second-order valence-electron chi connectivity index (χ2n) is 5.62. The lowest BCUT2D eigenvalue weighted by Crippen LogP contribution is -2.27. The summed E-state index contributed by atoms with van der Waals surface area (Å²) in [4.78, 5) is 2.44. The highest BCUT2D eigenvalue weighted by molar-refractivity contribution is 5.34. The molecule has 0 spiro atoms. The molecule has 1 aliphatic carbocycles. The minimum Gasteiger partial charge on any atom is -0.310 e. The largest absolute Gasteiger partial charge is 0.310 e. The van der Waals surface area contributed by atoms with Gasteiger partial charge in [-0.3, -0.25) is 0 Å². The van der Waals surface area contributed by atoms with E-state index in [2.05, 4.69) is 41.5 Å². The maximum atomic E-state index is 3.77. The highest BCUT2D eigenvalue weighted by atomic mass is 15.1. The van der Waals surface area contributed by atoms with E-state index in [4.69, 9.17) is 0 Å². The Hall–Kier alpha value is -0.860. The number of likely N-dealkylation sites (tertiary alicyclic amines) is 1. The van der Waals surface area contributed by atoms with Crippen molar-refractivity contribution in [2.45, 2.75) is 25.3 Å². The van der Waals surface area contributed by atoms with Crippen LogP contribution >= 0.6 is 0 Å². The van der Waals surface area contributed by atoms with Crippen LogP contribution in [-0.4, -0.2) is 31.6 Å². The first kappa shape index (κ1) is 11.2. The van der Waals surface area contributed by atoms with Crippen LogP contribution in [0.1, 0.15) is 30.0 Å². The summed E-state index contributed by atoms with van der Waals surface area (Å²) in [5.74, 6) is 0.854. The predicted molar refractivity (Wildman–Crippen MR) is 71.1 cm³/mol. The van der Waals surface area contributed by atoms with Crippen LogP contribution in [0, 0.1) is 5.92 Å². The molecular formula is C15H22N2. The third-order valence-corrected chi connectivity index (χ3v) is 4.27. The molecule has 1 heterocycles. The quantitative estimate of drug-likeness (QED) is 0.856. The fourth-order valence-corrected chi connectivity index (χ4v) is 3.27. The molecule has 1 aromatic carbocycles. The van der Waals surface area contributed by atoms with Crippen LogP contribution in [0.3, 0.4) is 0 Å². The molecule has 92 valence electrons. The lowest BCUT2D eigenvalue weighted by Gasteiger charge is -2.17. The molecule has 0 bridgehead atoms. The molecule has 2 unspecified atom stereocenters. The summed E-state index contributed by atoms with van der Waals surface area (Å²) in [5.41, 5.74) is 3.09. The van der Waals surface area contributed by atoms with Gasteiger partial charge in [0.1, 0.15) is 0 Å². The maximum absolute atomic E-state index is 3.77. The van der Waals surface area contributed by atoms with Crippen molar-refractivity contribution < 1.29 is 0 Å². The second kappa shape index (κ2) is 4.79. The Labute approximate surface area is 104 Å². The van der Waals surface area contributed by atoms with Crippen LogP contribution in [0.25, 0.3) is 0 Å². The van der Waals surface area contributed by atoms with Crippen LogP contribution in [0.2, 0.25) is 0 Å². The first-order valence-electron chi connectivity index (χ1n) is 6.82. The van der Waals surface area contributed by atoms with Gasteiger partial charge in [0.2, 0.25) is 0 Å². The molecule has 2 aliphatic rings. The van der Waals surface area contributed by atoms with Crippen LogP contribution in [0.15, 0.2) is 24.3 Å².